The molecule has 2 nitrogen and oxygen atoms in total. The lowest BCUT2D eigenvalue weighted by atomic mass is 10.0. The molecule has 0 atom stereocenters. The Morgan fingerprint density at radius 3 is 2.54 bits per heavy atom. The van der Waals surface area contributed by atoms with Crippen molar-refractivity contribution in [1.82, 2.24) is 0 Å². The molecule has 13 heavy (non-hydrogen) atoms. The quantitative estimate of drug-likeness (QED) is 0.516. The number of carbonyl (C=O) groups is 2. The van der Waals surface area contributed by atoms with E-state index in [9.17, 15) is 14.0 Å². The van der Waals surface area contributed by atoms with E-state index in [1.54, 1.807) is 0 Å². The van der Waals surface area contributed by atoms with E-state index >= 15 is 0 Å². The average Bonchev–Trinajstić information content (AvgIpc) is 2.09. The Labute approximate surface area is 75.4 Å². The first-order chi connectivity index (χ1) is 6.06. The van der Waals surface area contributed by atoms with Crippen LogP contribution in [0.5, 0.6) is 0 Å². The molecule has 0 amide bonds. The van der Waals surface area contributed by atoms with Gasteiger partial charge in [0.15, 0.2) is 5.78 Å². The Morgan fingerprint density at radius 2 is 2.08 bits per heavy atom. The predicted molar refractivity (Wildman–Crippen MR) is 46.5 cm³/mol. The number of carbonyl (C=O) groups excluding carboxylic acids is 2. The van der Waals surface area contributed by atoms with E-state index in [0.29, 0.717) is 6.29 Å². The van der Waals surface area contributed by atoms with Crippen molar-refractivity contribution in [3.05, 3.63) is 34.6 Å². The molecule has 1 aromatic rings. The molecule has 0 bridgehead atoms. The summed E-state index contributed by atoms with van der Waals surface area (Å²) in [6, 6.07) is 2.54. The summed E-state index contributed by atoms with van der Waals surface area (Å²) in [5.74, 6) is -0.767. The largest absolute Gasteiger partial charge is 0.298 e. The lowest BCUT2D eigenvalue weighted by Crippen LogP contribution is -1.99. The molecule has 1 aromatic carbocycles. The number of Topliss-reactive ketones (excluding diaryl/α,β-unsaturated/α-hetero) is 1. The zero-order valence-corrected chi connectivity index (χ0v) is 7.43. The lowest BCUT2D eigenvalue weighted by molar-refractivity contribution is 0.101. The Balaban J connectivity index is 3.38. The molecule has 0 radical (unpaired) electrons. The van der Waals surface area contributed by atoms with E-state index in [1.807, 2.05) is 0 Å². The second kappa shape index (κ2) is 3.47. The van der Waals surface area contributed by atoms with E-state index in [-0.39, 0.29) is 22.5 Å². The first kappa shape index (κ1) is 9.58. The highest BCUT2D eigenvalue weighted by molar-refractivity contribution is 5.96. The number of halogens is 1. The van der Waals surface area contributed by atoms with Crippen LogP contribution in [-0.2, 0) is 0 Å². The van der Waals surface area contributed by atoms with Gasteiger partial charge in [-0.15, -0.1) is 0 Å². The van der Waals surface area contributed by atoms with Crippen LogP contribution in [0.2, 0.25) is 0 Å². The van der Waals surface area contributed by atoms with Crippen molar-refractivity contribution in [3.8, 4) is 0 Å². The van der Waals surface area contributed by atoms with E-state index in [1.165, 1.54) is 19.9 Å². The Kier molecular flexibility index (Phi) is 2.56. The van der Waals surface area contributed by atoms with Gasteiger partial charge in [-0.2, -0.15) is 0 Å². The molecule has 0 spiro atoms. The highest BCUT2D eigenvalue weighted by Gasteiger charge is 2.08. The van der Waals surface area contributed by atoms with Gasteiger partial charge in [-0.05, 0) is 31.5 Å². The molecule has 0 aliphatic carbocycles. The van der Waals surface area contributed by atoms with Crippen molar-refractivity contribution in [1.29, 1.82) is 0 Å². The van der Waals surface area contributed by atoms with Crippen molar-refractivity contribution >= 4 is 12.1 Å². The van der Waals surface area contributed by atoms with Gasteiger partial charge in [0.05, 0.1) is 0 Å². The predicted octanol–water partition coefficient (Wildman–Crippen LogP) is 2.15. The van der Waals surface area contributed by atoms with E-state index < -0.39 is 5.82 Å². The summed E-state index contributed by atoms with van der Waals surface area (Å²) in [7, 11) is 0. The Bertz CT molecular complexity index is 369. The van der Waals surface area contributed by atoms with Crippen LogP contribution in [0.25, 0.3) is 0 Å². The second-order valence-corrected chi connectivity index (χ2v) is 2.85. The minimum atomic E-state index is -0.519. The number of hydrogen-bond donors (Lipinski definition) is 0. The van der Waals surface area contributed by atoms with Gasteiger partial charge in [-0.3, -0.25) is 9.59 Å². The smallest absolute Gasteiger partial charge is 0.159 e. The number of aldehydes is 1. The molecule has 0 unspecified atom stereocenters. The second-order valence-electron chi connectivity index (χ2n) is 2.85. The molecule has 0 fully saturated rings. The van der Waals surface area contributed by atoms with Crippen LogP contribution in [0.3, 0.4) is 0 Å². The highest BCUT2D eigenvalue weighted by atomic mass is 19.1. The van der Waals surface area contributed by atoms with Crippen molar-refractivity contribution in [2.24, 2.45) is 0 Å². The molecule has 3 heteroatoms. The molecule has 0 saturated carbocycles. The van der Waals surface area contributed by atoms with Crippen LogP contribution >= 0.6 is 0 Å². The number of hydrogen-bond acceptors (Lipinski definition) is 2. The SMILES string of the molecule is CC(=O)c1cc(F)c(C)c(C=O)c1. The molecular formula is C10H9FO2. The summed E-state index contributed by atoms with van der Waals surface area (Å²) >= 11 is 0. The van der Waals surface area contributed by atoms with E-state index in [4.69, 9.17) is 0 Å². The summed E-state index contributed by atoms with van der Waals surface area (Å²) in [5.41, 5.74) is 0.732. The summed E-state index contributed by atoms with van der Waals surface area (Å²) in [4.78, 5) is 21.4. The molecule has 0 aromatic heterocycles. The molecule has 1 rings (SSSR count). The zero-order chi connectivity index (χ0) is 10.0. The fourth-order valence-electron chi connectivity index (χ4n) is 1.03. The monoisotopic (exact) mass is 180 g/mol. The Hall–Kier alpha value is -1.51. The normalized spacial score (nSPS) is 9.77. The topological polar surface area (TPSA) is 34.1 Å². The molecule has 0 N–H and O–H groups in total. The Morgan fingerprint density at radius 1 is 1.46 bits per heavy atom. The average molecular weight is 180 g/mol. The fraction of sp³-hybridized carbons (Fsp3) is 0.200. The minimum Gasteiger partial charge on any atom is -0.298 e. The molecule has 0 aliphatic heterocycles. The standard InChI is InChI=1S/C10H9FO2/c1-6-9(5-12)3-8(7(2)13)4-10(6)11/h3-5H,1-2H3. The van der Waals surface area contributed by atoms with Crippen molar-refractivity contribution in [3.63, 3.8) is 0 Å². The maximum atomic E-state index is 13.1. The van der Waals surface area contributed by atoms with Crippen LogP contribution in [-0.4, -0.2) is 12.1 Å². The molecule has 0 heterocycles. The van der Waals surface area contributed by atoms with Gasteiger partial charge in [0, 0.05) is 11.1 Å². The van der Waals surface area contributed by atoms with Gasteiger partial charge in [-0.25, -0.2) is 4.39 Å². The maximum absolute atomic E-state index is 13.1. The van der Waals surface area contributed by atoms with Gasteiger partial charge >= 0.3 is 0 Å². The van der Waals surface area contributed by atoms with Crippen LogP contribution < -0.4 is 0 Å². The van der Waals surface area contributed by atoms with Gasteiger partial charge in [0.1, 0.15) is 12.1 Å². The first-order valence-electron chi connectivity index (χ1n) is 3.82. The van der Waals surface area contributed by atoms with Crippen molar-refractivity contribution < 1.29 is 14.0 Å². The maximum Gasteiger partial charge on any atom is 0.159 e. The number of rotatable bonds is 2. The molecule has 0 saturated heterocycles. The first-order valence-corrected chi connectivity index (χ1v) is 3.82. The third-order valence-corrected chi connectivity index (χ3v) is 1.92. The van der Waals surface area contributed by atoms with Crippen LogP contribution in [0.1, 0.15) is 33.2 Å². The molecule has 0 aliphatic rings. The summed E-state index contributed by atoms with van der Waals surface area (Å²) in [6.07, 6.45) is 0.546. The third kappa shape index (κ3) is 1.80. The van der Waals surface area contributed by atoms with Crippen molar-refractivity contribution in [2.45, 2.75) is 13.8 Å². The van der Waals surface area contributed by atoms with Crippen LogP contribution in [0.4, 0.5) is 4.39 Å². The van der Waals surface area contributed by atoms with Crippen LogP contribution in [0.15, 0.2) is 12.1 Å². The molecule has 68 valence electrons. The van der Waals surface area contributed by atoms with Gasteiger partial charge < -0.3 is 0 Å². The number of ketones is 1. The summed E-state index contributed by atoms with van der Waals surface area (Å²) in [5, 5.41) is 0. The molecular weight excluding hydrogens is 171 g/mol. The summed E-state index contributed by atoms with van der Waals surface area (Å²) < 4.78 is 13.1. The minimum absolute atomic E-state index is 0.227. The number of benzene rings is 1. The third-order valence-electron chi connectivity index (χ3n) is 1.92. The van der Waals surface area contributed by atoms with Gasteiger partial charge in [0.2, 0.25) is 0 Å². The zero-order valence-electron chi connectivity index (χ0n) is 7.43. The van der Waals surface area contributed by atoms with Gasteiger partial charge in [-0.1, -0.05) is 0 Å². The summed E-state index contributed by atoms with van der Waals surface area (Å²) in [6.45, 7) is 2.83. The van der Waals surface area contributed by atoms with Crippen LogP contribution in [0, 0.1) is 12.7 Å². The van der Waals surface area contributed by atoms with Gasteiger partial charge in [0.25, 0.3) is 0 Å². The van der Waals surface area contributed by atoms with E-state index in [2.05, 4.69) is 0 Å². The lowest BCUT2D eigenvalue weighted by Gasteiger charge is -2.02. The van der Waals surface area contributed by atoms with Crippen molar-refractivity contribution in [2.75, 3.05) is 0 Å². The van der Waals surface area contributed by atoms with E-state index in [0.717, 1.165) is 6.07 Å². The highest BCUT2D eigenvalue weighted by Crippen LogP contribution is 2.14. The fourth-order valence-corrected chi connectivity index (χ4v) is 1.03.